The molecule has 0 aliphatic heterocycles. The van der Waals surface area contributed by atoms with E-state index in [1.807, 2.05) is 0 Å². The minimum absolute atomic E-state index is 0.00334. The zero-order valence-corrected chi connectivity index (χ0v) is 12.1. The molecule has 0 aliphatic rings. The highest BCUT2D eigenvalue weighted by molar-refractivity contribution is 5.62. The summed E-state index contributed by atoms with van der Waals surface area (Å²) in [7, 11) is 0. The highest BCUT2D eigenvalue weighted by atomic mass is 19.4. The van der Waals surface area contributed by atoms with Gasteiger partial charge in [0.1, 0.15) is 0 Å². The Morgan fingerprint density at radius 1 is 1.21 bits per heavy atom. The van der Waals surface area contributed by atoms with E-state index in [9.17, 15) is 23.3 Å². The van der Waals surface area contributed by atoms with E-state index in [1.165, 1.54) is 22.7 Å². The van der Waals surface area contributed by atoms with E-state index in [0.29, 0.717) is 11.2 Å². The van der Waals surface area contributed by atoms with Crippen molar-refractivity contribution in [3.63, 3.8) is 0 Å². The van der Waals surface area contributed by atoms with E-state index in [2.05, 4.69) is 10.3 Å². The fourth-order valence-corrected chi connectivity index (χ4v) is 2.32. The van der Waals surface area contributed by atoms with Crippen LogP contribution in [0.5, 0.6) is 0 Å². The molecule has 0 saturated heterocycles. The van der Waals surface area contributed by atoms with Crippen molar-refractivity contribution in [2.24, 2.45) is 0 Å². The molecule has 6 nitrogen and oxygen atoms in total. The van der Waals surface area contributed by atoms with Crippen LogP contribution in [-0.2, 0) is 12.7 Å². The first-order valence-electron chi connectivity index (χ1n) is 6.88. The van der Waals surface area contributed by atoms with Gasteiger partial charge < -0.3 is 15.4 Å². The number of imidazole rings is 1. The van der Waals surface area contributed by atoms with E-state index in [0.717, 1.165) is 12.1 Å². The lowest BCUT2D eigenvalue weighted by Crippen LogP contribution is -2.07. The number of rotatable bonds is 4. The Balaban J connectivity index is 1.89. The molecule has 0 aliphatic carbocycles. The van der Waals surface area contributed by atoms with Gasteiger partial charge in [0, 0.05) is 12.6 Å². The maximum atomic E-state index is 12.7. The molecule has 0 saturated carbocycles. The summed E-state index contributed by atoms with van der Waals surface area (Å²) in [4.78, 5) is 14.8. The number of nitrogens with one attached hydrogen (secondary N) is 1. The van der Waals surface area contributed by atoms with Gasteiger partial charge >= 0.3 is 12.0 Å². The molecule has 2 heterocycles. The maximum Gasteiger partial charge on any atom is 0.416 e. The molecule has 124 valence electrons. The molecule has 3 aromatic rings. The lowest BCUT2D eigenvalue weighted by molar-refractivity contribution is -0.389. The fraction of sp³-hybridized carbons (Fsp3) is 0.133. The third-order valence-electron chi connectivity index (χ3n) is 3.39. The monoisotopic (exact) mass is 336 g/mol. The van der Waals surface area contributed by atoms with Crippen molar-refractivity contribution >= 4 is 17.3 Å². The molecular weight excluding hydrogens is 325 g/mol. The molecule has 0 bridgehead atoms. The second-order valence-electron chi connectivity index (χ2n) is 5.02. The van der Waals surface area contributed by atoms with Crippen LogP contribution in [0.3, 0.4) is 0 Å². The molecule has 2 aromatic heterocycles. The molecule has 0 fully saturated rings. The van der Waals surface area contributed by atoms with Crippen LogP contribution < -0.4 is 5.32 Å². The fourth-order valence-electron chi connectivity index (χ4n) is 2.32. The number of pyridine rings is 1. The number of fused-ring (bicyclic) bond motifs is 1. The quantitative estimate of drug-likeness (QED) is 0.580. The number of aromatic nitrogens is 2. The second kappa shape index (κ2) is 5.84. The van der Waals surface area contributed by atoms with Crippen LogP contribution >= 0.6 is 0 Å². The molecule has 0 radical (unpaired) electrons. The van der Waals surface area contributed by atoms with Crippen molar-refractivity contribution < 1.29 is 18.1 Å². The first kappa shape index (κ1) is 15.8. The second-order valence-corrected chi connectivity index (χ2v) is 5.02. The number of nitro groups is 1. The van der Waals surface area contributed by atoms with Gasteiger partial charge in [0.05, 0.1) is 11.8 Å². The summed E-state index contributed by atoms with van der Waals surface area (Å²) in [5.41, 5.74) is -0.0572. The summed E-state index contributed by atoms with van der Waals surface area (Å²) in [6.45, 7) is -0.0192. The van der Waals surface area contributed by atoms with Crippen LogP contribution in [0.4, 0.5) is 24.8 Å². The van der Waals surface area contributed by atoms with Crippen LogP contribution in [0.2, 0.25) is 0 Å². The third kappa shape index (κ3) is 3.00. The van der Waals surface area contributed by atoms with Gasteiger partial charge in [-0.15, -0.1) is 0 Å². The topological polar surface area (TPSA) is 72.5 Å². The normalized spacial score (nSPS) is 11.6. The first-order chi connectivity index (χ1) is 11.4. The summed E-state index contributed by atoms with van der Waals surface area (Å²) in [6.07, 6.45) is -2.94. The van der Waals surface area contributed by atoms with Crippen molar-refractivity contribution in [2.45, 2.75) is 12.7 Å². The van der Waals surface area contributed by atoms with Crippen LogP contribution in [0.15, 0.2) is 48.7 Å². The van der Waals surface area contributed by atoms with Gasteiger partial charge in [-0.1, -0.05) is 18.2 Å². The zero-order valence-electron chi connectivity index (χ0n) is 12.1. The van der Waals surface area contributed by atoms with Gasteiger partial charge in [-0.2, -0.15) is 22.6 Å². The molecular formula is C15H11F3N4O2. The lowest BCUT2D eigenvalue weighted by Gasteiger charge is -2.09. The smallest absolute Gasteiger partial charge is 0.359 e. The Bertz CT molecular complexity index is 905. The Morgan fingerprint density at radius 3 is 2.71 bits per heavy atom. The molecule has 3 rings (SSSR count). The number of halogens is 3. The third-order valence-corrected chi connectivity index (χ3v) is 3.39. The molecule has 1 N–H and O–H groups in total. The first-order valence-corrected chi connectivity index (χ1v) is 6.88. The molecule has 0 amide bonds. The minimum Gasteiger partial charge on any atom is -0.359 e. The Kier molecular flexibility index (Phi) is 3.84. The maximum absolute atomic E-state index is 12.7. The van der Waals surface area contributed by atoms with Gasteiger partial charge in [0.15, 0.2) is 0 Å². The number of hydrogen-bond acceptors (Lipinski definition) is 4. The van der Waals surface area contributed by atoms with Gasteiger partial charge in [-0.05, 0) is 28.7 Å². The van der Waals surface area contributed by atoms with Gasteiger partial charge in [-0.3, -0.25) is 0 Å². The summed E-state index contributed by atoms with van der Waals surface area (Å²) in [5.74, 6) is -0.263. The van der Waals surface area contributed by atoms with Gasteiger partial charge in [0.2, 0.25) is 11.5 Å². The van der Waals surface area contributed by atoms with Gasteiger partial charge in [-0.25, -0.2) is 0 Å². The van der Waals surface area contributed by atoms with E-state index < -0.39 is 16.7 Å². The molecule has 0 atom stereocenters. The largest absolute Gasteiger partial charge is 0.416 e. The molecule has 9 heteroatoms. The van der Waals surface area contributed by atoms with Crippen molar-refractivity contribution in [1.29, 1.82) is 0 Å². The van der Waals surface area contributed by atoms with Crippen LogP contribution in [0.1, 0.15) is 11.1 Å². The summed E-state index contributed by atoms with van der Waals surface area (Å²) >= 11 is 0. The Morgan fingerprint density at radius 2 is 2.00 bits per heavy atom. The van der Waals surface area contributed by atoms with Crippen LogP contribution in [-0.4, -0.2) is 14.3 Å². The van der Waals surface area contributed by atoms with E-state index in [-0.39, 0.29) is 18.2 Å². The lowest BCUT2D eigenvalue weighted by atomic mass is 10.1. The molecule has 0 unspecified atom stereocenters. The summed E-state index contributed by atoms with van der Waals surface area (Å²) in [6, 6.07) is 9.66. The Hall–Kier alpha value is -3.10. The predicted octanol–water partition coefficient (Wildman–Crippen LogP) is 3.87. The average molecular weight is 336 g/mol. The van der Waals surface area contributed by atoms with Gasteiger partial charge in [0.25, 0.3) is 0 Å². The standard InChI is InChI=1S/C15H11F3N4O2/c16-15(17,18)11-5-3-4-10(8-11)9-19-13-14(22(23)24)21-7-2-1-6-12(21)20-13/h1-8,19H,9H2. The average Bonchev–Trinajstić information content (AvgIpc) is 2.91. The predicted molar refractivity (Wildman–Crippen MR) is 80.6 cm³/mol. The summed E-state index contributed by atoms with van der Waals surface area (Å²) in [5, 5.41) is 14.0. The van der Waals surface area contributed by atoms with E-state index in [4.69, 9.17) is 0 Å². The Labute approximate surface area is 133 Å². The number of nitrogens with zero attached hydrogens (tertiary/aromatic N) is 3. The highest BCUT2D eigenvalue weighted by Crippen LogP contribution is 2.30. The van der Waals surface area contributed by atoms with Crippen LogP contribution in [0.25, 0.3) is 5.65 Å². The van der Waals surface area contributed by atoms with E-state index in [1.54, 1.807) is 18.2 Å². The molecule has 24 heavy (non-hydrogen) atoms. The van der Waals surface area contributed by atoms with Crippen molar-refractivity contribution in [1.82, 2.24) is 9.38 Å². The number of hydrogen-bond donors (Lipinski definition) is 1. The van der Waals surface area contributed by atoms with E-state index >= 15 is 0 Å². The number of benzene rings is 1. The number of alkyl halides is 3. The van der Waals surface area contributed by atoms with Crippen molar-refractivity contribution in [3.8, 4) is 0 Å². The zero-order chi connectivity index (χ0) is 17.3. The minimum atomic E-state index is -4.44. The van der Waals surface area contributed by atoms with Crippen molar-refractivity contribution in [2.75, 3.05) is 5.32 Å². The molecule has 0 spiro atoms. The SMILES string of the molecule is O=[N+]([O-])c1c(NCc2cccc(C(F)(F)F)c2)nc2ccccn12. The highest BCUT2D eigenvalue weighted by Gasteiger charge is 2.30. The molecule has 1 aromatic carbocycles. The van der Waals surface area contributed by atoms with Crippen LogP contribution in [0, 0.1) is 10.1 Å². The van der Waals surface area contributed by atoms with Crippen molar-refractivity contribution in [3.05, 3.63) is 69.9 Å². The summed E-state index contributed by atoms with van der Waals surface area (Å²) < 4.78 is 39.4. The number of anilines is 1.